The molecule has 0 bridgehead atoms. The van der Waals surface area contributed by atoms with E-state index < -0.39 is 0 Å². The number of rotatable bonds is 8. The van der Waals surface area contributed by atoms with Crippen molar-refractivity contribution in [2.24, 2.45) is 0 Å². The van der Waals surface area contributed by atoms with Crippen LogP contribution in [0.1, 0.15) is 43.6 Å². The minimum Gasteiger partial charge on any atom is -0.309 e. The van der Waals surface area contributed by atoms with Gasteiger partial charge in [-0.25, -0.2) is 0 Å². The predicted molar refractivity (Wildman–Crippen MR) is 244 cm³/mol. The van der Waals surface area contributed by atoms with E-state index in [1.165, 1.54) is 104 Å². The van der Waals surface area contributed by atoms with Crippen molar-refractivity contribution < 1.29 is 0 Å². The van der Waals surface area contributed by atoms with E-state index in [1.807, 2.05) is 0 Å². The molecule has 0 spiro atoms. The van der Waals surface area contributed by atoms with Gasteiger partial charge in [0.15, 0.2) is 0 Å². The molecule has 0 amide bonds. The zero-order chi connectivity index (χ0) is 38.0. The molecule has 1 aliphatic carbocycles. The first kappa shape index (κ1) is 34.8. The molecule has 0 aromatic heterocycles. The monoisotopic (exact) mass is 731 g/mol. The van der Waals surface area contributed by atoms with Crippen LogP contribution in [0.25, 0.3) is 66.1 Å². The van der Waals surface area contributed by atoms with Gasteiger partial charge in [-0.15, -0.1) is 0 Å². The van der Waals surface area contributed by atoms with Gasteiger partial charge in [-0.05, 0) is 110 Å². The van der Waals surface area contributed by atoms with Gasteiger partial charge in [-0.1, -0.05) is 195 Å². The Morgan fingerprint density at radius 3 is 1.63 bits per heavy atom. The molecule has 1 heteroatoms. The second-order valence-electron chi connectivity index (χ2n) is 15.5. The lowest BCUT2D eigenvalue weighted by Crippen LogP contribution is -2.12. The Labute approximate surface area is 336 Å². The zero-order valence-electron chi connectivity index (χ0n) is 32.2. The van der Waals surface area contributed by atoms with Crippen LogP contribution in [0.2, 0.25) is 0 Å². The van der Waals surface area contributed by atoms with E-state index in [0.717, 1.165) is 17.1 Å². The summed E-state index contributed by atoms with van der Waals surface area (Å²) in [6.07, 6.45) is 6.50. The molecular weight excluding hydrogens is 687 g/mol. The van der Waals surface area contributed by atoms with Crippen molar-refractivity contribution >= 4 is 38.6 Å². The summed E-state index contributed by atoms with van der Waals surface area (Å²) in [5.41, 5.74) is 14.7. The molecule has 1 saturated carbocycles. The number of hydrogen-bond donors (Lipinski definition) is 0. The second-order valence-corrected chi connectivity index (χ2v) is 15.5. The van der Waals surface area contributed by atoms with Crippen LogP contribution in [-0.2, 0) is 0 Å². The molecule has 57 heavy (non-hydrogen) atoms. The van der Waals surface area contributed by atoms with Gasteiger partial charge < -0.3 is 4.90 Å². The van der Waals surface area contributed by atoms with Crippen LogP contribution in [0.5, 0.6) is 0 Å². The van der Waals surface area contributed by atoms with Gasteiger partial charge in [-0.3, -0.25) is 0 Å². The maximum absolute atomic E-state index is 2.49. The second kappa shape index (κ2) is 15.4. The molecule has 1 fully saturated rings. The van der Waals surface area contributed by atoms with E-state index in [0.29, 0.717) is 5.92 Å². The first-order chi connectivity index (χ1) is 28.3. The van der Waals surface area contributed by atoms with Gasteiger partial charge in [-0.2, -0.15) is 0 Å². The lowest BCUT2D eigenvalue weighted by molar-refractivity contribution is 0.445. The highest BCUT2D eigenvalue weighted by Gasteiger charge is 2.24. The van der Waals surface area contributed by atoms with Crippen LogP contribution < -0.4 is 4.90 Å². The van der Waals surface area contributed by atoms with Crippen molar-refractivity contribution in [1.82, 2.24) is 0 Å². The van der Waals surface area contributed by atoms with Crippen molar-refractivity contribution in [3.63, 3.8) is 0 Å². The summed E-state index contributed by atoms with van der Waals surface area (Å²) >= 11 is 0. The molecule has 0 unspecified atom stereocenters. The Hall–Kier alpha value is -6.70. The fraction of sp³-hybridized carbons (Fsp3) is 0.107. The normalized spacial score (nSPS) is 13.2. The van der Waals surface area contributed by atoms with Crippen LogP contribution in [-0.4, -0.2) is 0 Å². The van der Waals surface area contributed by atoms with Crippen LogP contribution in [0, 0.1) is 0 Å². The smallest absolute Gasteiger partial charge is 0.0540 e. The molecule has 9 aromatic carbocycles. The molecule has 0 aliphatic heterocycles. The molecule has 10 rings (SSSR count). The topological polar surface area (TPSA) is 3.24 Å². The maximum atomic E-state index is 2.49. The lowest BCUT2D eigenvalue weighted by atomic mass is 9.80. The van der Waals surface area contributed by atoms with Gasteiger partial charge in [0.05, 0.1) is 11.4 Å². The van der Waals surface area contributed by atoms with E-state index >= 15 is 0 Å². The molecule has 0 heterocycles. The van der Waals surface area contributed by atoms with Gasteiger partial charge >= 0.3 is 0 Å². The van der Waals surface area contributed by atoms with Crippen molar-refractivity contribution in [3.8, 4) is 44.5 Å². The Morgan fingerprint density at radius 2 is 0.860 bits per heavy atom. The summed E-state index contributed by atoms with van der Waals surface area (Å²) in [7, 11) is 0. The van der Waals surface area contributed by atoms with Crippen LogP contribution >= 0.6 is 0 Å². The first-order valence-corrected chi connectivity index (χ1v) is 20.5. The summed E-state index contributed by atoms with van der Waals surface area (Å²) in [6.45, 7) is 0. The third-order valence-electron chi connectivity index (χ3n) is 12.1. The van der Waals surface area contributed by atoms with E-state index in [2.05, 4.69) is 211 Å². The molecular formula is C56H45N. The van der Waals surface area contributed by atoms with Gasteiger partial charge in [0.2, 0.25) is 0 Å². The number of fused-ring (bicyclic) bond motifs is 2. The lowest BCUT2D eigenvalue weighted by Gasteiger charge is -2.31. The fourth-order valence-corrected chi connectivity index (χ4v) is 9.21. The number of anilines is 3. The summed E-state index contributed by atoms with van der Waals surface area (Å²) in [6, 6.07) is 76.0. The minimum atomic E-state index is 0.592. The molecule has 0 atom stereocenters. The summed E-state index contributed by atoms with van der Waals surface area (Å²) in [4.78, 5) is 2.49. The highest BCUT2D eigenvalue weighted by Crippen LogP contribution is 2.48. The molecule has 274 valence electrons. The SMILES string of the molecule is c1ccc(-c2ccc(-c3ccccc3N(c3ccc(-c4ccc5ccccc5c4)cc3)c3ccccc3-c3cccc4cccc(C5CCCCC5)c34)cc2)cc1. The van der Waals surface area contributed by atoms with Crippen molar-refractivity contribution in [2.45, 2.75) is 38.0 Å². The highest BCUT2D eigenvalue weighted by atomic mass is 15.1. The van der Waals surface area contributed by atoms with E-state index in [9.17, 15) is 0 Å². The predicted octanol–water partition coefficient (Wildman–Crippen LogP) is 16.2. The summed E-state index contributed by atoms with van der Waals surface area (Å²) in [5, 5.41) is 5.23. The molecule has 0 saturated heterocycles. The Kier molecular flexibility index (Phi) is 9.42. The Balaban J connectivity index is 1.15. The molecule has 1 nitrogen and oxygen atoms in total. The summed E-state index contributed by atoms with van der Waals surface area (Å²) in [5.74, 6) is 0.592. The fourth-order valence-electron chi connectivity index (χ4n) is 9.21. The quantitative estimate of drug-likeness (QED) is 0.150. The van der Waals surface area contributed by atoms with Crippen molar-refractivity contribution in [1.29, 1.82) is 0 Å². The number of hydrogen-bond acceptors (Lipinski definition) is 1. The third-order valence-corrected chi connectivity index (χ3v) is 12.1. The maximum Gasteiger partial charge on any atom is 0.0540 e. The van der Waals surface area contributed by atoms with Crippen LogP contribution in [0.3, 0.4) is 0 Å². The standard InChI is InChI=1S/C56H45N/c1-3-15-40(16-4-1)42-29-32-45(33-30-42)50-23-9-11-27-54(50)57(49-37-35-43(36-38-49)48-34-31-41-17-7-8-20-47(41)39-48)55-28-12-10-24-52(55)53-26-14-22-46-21-13-25-51(56(46)53)44-18-5-2-6-19-44/h1,3-4,7-17,20-39,44H,2,5-6,18-19H2. The number of nitrogens with zero attached hydrogens (tertiary/aromatic N) is 1. The van der Waals surface area contributed by atoms with Gasteiger partial charge in [0.1, 0.15) is 0 Å². The van der Waals surface area contributed by atoms with Crippen LogP contribution in [0.4, 0.5) is 17.1 Å². The summed E-state index contributed by atoms with van der Waals surface area (Å²) < 4.78 is 0. The van der Waals surface area contributed by atoms with E-state index in [-0.39, 0.29) is 0 Å². The Morgan fingerprint density at radius 1 is 0.333 bits per heavy atom. The minimum absolute atomic E-state index is 0.592. The number of para-hydroxylation sites is 2. The van der Waals surface area contributed by atoms with E-state index in [4.69, 9.17) is 0 Å². The highest BCUT2D eigenvalue weighted by molar-refractivity contribution is 6.04. The molecule has 0 N–H and O–H groups in total. The van der Waals surface area contributed by atoms with Crippen LogP contribution in [0.15, 0.2) is 206 Å². The molecule has 9 aromatic rings. The zero-order valence-corrected chi connectivity index (χ0v) is 32.2. The van der Waals surface area contributed by atoms with Crippen molar-refractivity contribution in [3.05, 3.63) is 212 Å². The first-order valence-electron chi connectivity index (χ1n) is 20.5. The molecule has 0 radical (unpaired) electrons. The van der Waals surface area contributed by atoms with Gasteiger partial charge in [0.25, 0.3) is 0 Å². The van der Waals surface area contributed by atoms with Crippen molar-refractivity contribution in [2.75, 3.05) is 4.90 Å². The van der Waals surface area contributed by atoms with Gasteiger partial charge in [0, 0.05) is 16.8 Å². The Bertz CT molecular complexity index is 2800. The molecule has 1 aliphatic rings. The average Bonchev–Trinajstić information content (AvgIpc) is 3.30. The average molecular weight is 732 g/mol. The van der Waals surface area contributed by atoms with E-state index in [1.54, 1.807) is 0 Å². The number of benzene rings is 9. The largest absolute Gasteiger partial charge is 0.309 e. The third kappa shape index (κ3) is 6.81.